The fourth-order valence-electron chi connectivity index (χ4n) is 2.86. The Bertz CT molecular complexity index is 896. The molecule has 5 heteroatoms. The Morgan fingerprint density at radius 1 is 1.11 bits per heavy atom. The van der Waals surface area contributed by atoms with Gasteiger partial charge in [-0.2, -0.15) is 0 Å². The van der Waals surface area contributed by atoms with Gasteiger partial charge in [-0.05, 0) is 36.3 Å². The van der Waals surface area contributed by atoms with Crippen LogP contribution in [0.1, 0.15) is 22.7 Å². The van der Waals surface area contributed by atoms with E-state index >= 15 is 0 Å². The fraction of sp³-hybridized carbons (Fsp3) is 0.182. The number of carbonyl (C=O) groups is 2. The molecule has 0 aliphatic carbocycles. The molecular weight excluding hydrogens is 340 g/mol. The molecule has 1 atom stereocenters. The first-order valence-electron chi connectivity index (χ1n) is 8.66. The van der Waals surface area contributed by atoms with E-state index < -0.39 is 6.04 Å². The first-order chi connectivity index (χ1) is 13.0. The van der Waals surface area contributed by atoms with Gasteiger partial charge >= 0.3 is 6.03 Å². The van der Waals surface area contributed by atoms with Gasteiger partial charge in [-0.15, -0.1) is 0 Å². The zero-order valence-electron chi connectivity index (χ0n) is 15.6. The molecule has 0 unspecified atom stereocenters. The van der Waals surface area contributed by atoms with Crippen LogP contribution in [0.15, 0.2) is 66.4 Å². The summed E-state index contributed by atoms with van der Waals surface area (Å²) in [6, 6.07) is 14.5. The number of benzene rings is 2. The van der Waals surface area contributed by atoms with Gasteiger partial charge in [0.05, 0.1) is 13.2 Å². The topological polar surface area (TPSA) is 58.6 Å². The summed E-state index contributed by atoms with van der Waals surface area (Å²) in [6.07, 6.45) is 4.91. The molecule has 2 aromatic carbocycles. The van der Waals surface area contributed by atoms with Crippen LogP contribution in [0.2, 0.25) is 0 Å². The molecule has 2 amide bonds. The van der Waals surface area contributed by atoms with Crippen LogP contribution < -0.4 is 10.1 Å². The zero-order valence-corrected chi connectivity index (χ0v) is 15.6. The van der Waals surface area contributed by atoms with Gasteiger partial charge in [0.25, 0.3) is 0 Å². The smallest absolute Gasteiger partial charge is 0.321 e. The highest BCUT2D eigenvalue weighted by Gasteiger charge is 2.29. The van der Waals surface area contributed by atoms with Gasteiger partial charge in [-0.3, -0.25) is 4.79 Å². The molecule has 0 radical (unpaired) electrons. The number of ketones is 1. The van der Waals surface area contributed by atoms with E-state index in [1.54, 1.807) is 32.5 Å². The third-order valence-corrected chi connectivity index (χ3v) is 4.47. The number of methoxy groups -OCH3 is 1. The van der Waals surface area contributed by atoms with E-state index in [4.69, 9.17) is 4.74 Å². The molecule has 0 saturated carbocycles. The predicted molar refractivity (Wildman–Crippen MR) is 105 cm³/mol. The molecule has 2 aromatic rings. The average Bonchev–Trinajstić information content (AvgIpc) is 2.69. The molecule has 0 bridgehead atoms. The van der Waals surface area contributed by atoms with Crippen molar-refractivity contribution in [1.82, 2.24) is 10.2 Å². The number of urea groups is 1. The minimum absolute atomic E-state index is 0.150. The minimum atomic E-state index is -0.505. The first kappa shape index (κ1) is 18.5. The standard InChI is InChI=1S/C22H22N2O3/c1-15-4-6-16(7-5-15)8-13-20(25)19-14-24(2)22(26)23-21(19)17-9-11-18(27-3)12-10-17/h4-14,21H,1-3H3,(H,23,26)/b13-8+/t21-/m0/s1. The van der Waals surface area contributed by atoms with Crippen LogP contribution in [0.25, 0.3) is 6.08 Å². The molecule has 0 fully saturated rings. The lowest BCUT2D eigenvalue weighted by atomic mass is 9.94. The molecule has 0 spiro atoms. The van der Waals surface area contributed by atoms with Gasteiger partial charge in [-0.1, -0.05) is 48.0 Å². The van der Waals surface area contributed by atoms with Gasteiger partial charge in [0.1, 0.15) is 5.75 Å². The van der Waals surface area contributed by atoms with Crippen molar-refractivity contribution < 1.29 is 14.3 Å². The number of hydrogen-bond donors (Lipinski definition) is 1. The summed E-state index contributed by atoms with van der Waals surface area (Å²) in [5.74, 6) is 0.567. The number of aryl methyl sites for hydroxylation is 1. The number of amides is 2. The Labute approximate surface area is 158 Å². The number of hydrogen-bond acceptors (Lipinski definition) is 3. The number of nitrogens with zero attached hydrogens (tertiary/aromatic N) is 1. The second-order valence-electron chi connectivity index (χ2n) is 6.46. The lowest BCUT2D eigenvalue weighted by Crippen LogP contribution is -2.43. The lowest BCUT2D eigenvalue weighted by Gasteiger charge is -2.29. The van der Waals surface area contributed by atoms with E-state index in [-0.39, 0.29) is 11.8 Å². The summed E-state index contributed by atoms with van der Waals surface area (Å²) in [7, 11) is 3.22. The van der Waals surface area contributed by atoms with E-state index in [2.05, 4.69) is 5.32 Å². The van der Waals surface area contributed by atoms with Gasteiger partial charge in [0.2, 0.25) is 0 Å². The van der Waals surface area contributed by atoms with Gasteiger partial charge in [0, 0.05) is 18.8 Å². The van der Waals surface area contributed by atoms with Gasteiger partial charge in [0.15, 0.2) is 5.78 Å². The normalized spacial score (nSPS) is 16.9. The van der Waals surface area contributed by atoms with Crippen LogP contribution in [0, 0.1) is 6.92 Å². The third-order valence-electron chi connectivity index (χ3n) is 4.47. The van der Waals surface area contributed by atoms with Crippen LogP contribution in [-0.2, 0) is 4.79 Å². The monoisotopic (exact) mass is 362 g/mol. The number of rotatable bonds is 5. The molecule has 1 aliphatic heterocycles. The quantitative estimate of drug-likeness (QED) is 0.822. The van der Waals surface area contributed by atoms with E-state index in [0.29, 0.717) is 11.3 Å². The van der Waals surface area contributed by atoms with Crippen molar-refractivity contribution in [1.29, 1.82) is 0 Å². The van der Waals surface area contributed by atoms with Crippen molar-refractivity contribution in [3.05, 3.63) is 83.1 Å². The summed E-state index contributed by atoms with van der Waals surface area (Å²) < 4.78 is 5.18. The molecule has 1 N–H and O–H groups in total. The van der Waals surface area contributed by atoms with E-state index in [0.717, 1.165) is 16.7 Å². The minimum Gasteiger partial charge on any atom is -0.497 e. The highest BCUT2D eigenvalue weighted by molar-refractivity contribution is 6.08. The van der Waals surface area contributed by atoms with E-state index in [9.17, 15) is 9.59 Å². The van der Waals surface area contributed by atoms with Crippen molar-refractivity contribution in [2.75, 3.05) is 14.2 Å². The Morgan fingerprint density at radius 2 is 1.78 bits per heavy atom. The van der Waals surface area contributed by atoms with Crippen LogP contribution in [-0.4, -0.2) is 30.9 Å². The Kier molecular flexibility index (Phi) is 5.41. The van der Waals surface area contributed by atoms with Crippen LogP contribution in [0.3, 0.4) is 0 Å². The molecule has 0 aromatic heterocycles. The zero-order chi connectivity index (χ0) is 19.4. The molecule has 0 saturated heterocycles. The molecule has 1 aliphatic rings. The summed E-state index contributed by atoms with van der Waals surface area (Å²) in [6.45, 7) is 2.02. The van der Waals surface area contributed by atoms with Crippen molar-refractivity contribution in [3.63, 3.8) is 0 Å². The molecule has 3 rings (SSSR count). The SMILES string of the molecule is COc1ccc([C@@H]2NC(=O)N(C)C=C2C(=O)/C=C/c2ccc(C)cc2)cc1. The largest absolute Gasteiger partial charge is 0.497 e. The maximum absolute atomic E-state index is 12.8. The summed E-state index contributed by atoms with van der Waals surface area (Å²) in [5.41, 5.74) is 3.44. The Morgan fingerprint density at radius 3 is 2.41 bits per heavy atom. The molecule has 138 valence electrons. The fourth-order valence-corrected chi connectivity index (χ4v) is 2.86. The van der Waals surface area contributed by atoms with Crippen molar-refractivity contribution in [2.45, 2.75) is 13.0 Å². The van der Waals surface area contributed by atoms with Crippen molar-refractivity contribution >= 4 is 17.9 Å². The van der Waals surface area contributed by atoms with Crippen LogP contribution in [0.4, 0.5) is 4.79 Å². The summed E-state index contributed by atoms with van der Waals surface area (Å²) >= 11 is 0. The second-order valence-corrected chi connectivity index (χ2v) is 6.46. The maximum Gasteiger partial charge on any atom is 0.321 e. The highest BCUT2D eigenvalue weighted by Crippen LogP contribution is 2.28. The Balaban J connectivity index is 1.88. The van der Waals surface area contributed by atoms with Crippen LogP contribution >= 0.6 is 0 Å². The average molecular weight is 362 g/mol. The number of allylic oxidation sites excluding steroid dienone is 1. The molecule has 5 nitrogen and oxygen atoms in total. The Hall–Kier alpha value is -3.34. The molecule has 27 heavy (non-hydrogen) atoms. The summed E-state index contributed by atoms with van der Waals surface area (Å²) in [5, 5.41) is 2.88. The number of nitrogens with one attached hydrogen (secondary N) is 1. The maximum atomic E-state index is 12.8. The van der Waals surface area contributed by atoms with Crippen molar-refractivity contribution in [2.24, 2.45) is 0 Å². The predicted octanol–water partition coefficient (Wildman–Crippen LogP) is 3.87. The third kappa shape index (κ3) is 4.26. The van der Waals surface area contributed by atoms with Crippen molar-refractivity contribution in [3.8, 4) is 5.75 Å². The summed E-state index contributed by atoms with van der Waals surface area (Å²) in [4.78, 5) is 26.3. The molecule has 1 heterocycles. The van der Waals surface area contributed by atoms with E-state index in [1.165, 1.54) is 4.90 Å². The first-order valence-corrected chi connectivity index (χ1v) is 8.66. The lowest BCUT2D eigenvalue weighted by molar-refractivity contribution is -0.111. The highest BCUT2D eigenvalue weighted by atomic mass is 16.5. The van der Waals surface area contributed by atoms with Gasteiger partial charge in [-0.25, -0.2) is 4.79 Å². The van der Waals surface area contributed by atoms with E-state index in [1.807, 2.05) is 55.5 Å². The van der Waals surface area contributed by atoms with Gasteiger partial charge < -0.3 is 15.0 Å². The number of carbonyl (C=O) groups excluding carboxylic acids is 2. The molecular formula is C22H22N2O3. The van der Waals surface area contributed by atoms with Crippen LogP contribution in [0.5, 0.6) is 5.75 Å². The second kappa shape index (κ2) is 7.91. The number of ether oxygens (including phenoxy) is 1.